The zero-order chi connectivity index (χ0) is 24.7. The number of aromatic nitrogens is 4. The van der Waals surface area contributed by atoms with Gasteiger partial charge in [-0.1, -0.05) is 31.2 Å². The molecule has 0 bridgehead atoms. The molecule has 3 heterocycles. The molecule has 180 valence electrons. The van der Waals surface area contributed by atoms with Crippen molar-refractivity contribution in [2.75, 3.05) is 4.31 Å². The van der Waals surface area contributed by atoms with Gasteiger partial charge < -0.3 is 4.57 Å². The van der Waals surface area contributed by atoms with Gasteiger partial charge in [0.05, 0.1) is 18.4 Å². The summed E-state index contributed by atoms with van der Waals surface area (Å²) in [4.78, 5) is 26.4. The fraction of sp³-hybridized carbons (Fsp3) is 0.308. The standard InChI is InChI=1S/C26H27N5O3S/c1-4-23-29-24-16(2)13-17(3)28-25(24)30(23)15-18-5-7-19(8-6-18)21-11-12-27-14-22(21)31(35(33)34)26(32)20-9-10-20/h5-8,11-14,20H,4,9-10,15H2,1-3H3,(H,33,34). The molecule has 9 heteroatoms. The van der Waals surface area contributed by atoms with Gasteiger partial charge in [0.2, 0.25) is 5.91 Å². The fourth-order valence-electron chi connectivity index (χ4n) is 4.42. The maximum Gasteiger partial charge on any atom is 0.269 e. The summed E-state index contributed by atoms with van der Waals surface area (Å²) < 4.78 is 25.1. The molecule has 35 heavy (non-hydrogen) atoms. The number of imidazole rings is 1. The molecule has 4 aromatic rings. The van der Waals surface area contributed by atoms with Crippen molar-refractivity contribution >= 4 is 34.0 Å². The number of carbonyl (C=O) groups excluding carboxylic acids is 1. The molecule has 0 spiro atoms. The number of benzene rings is 1. The van der Waals surface area contributed by atoms with Crippen molar-refractivity contribution in [3.8, 4) is 11.1 Å². The molecule has 1 fully saturated rings. The minimum Gasteiger partial charge on any atom is -0.308 e. The van der Waals surface area contributed by atoms with Gasteiger partial charge in [0.25, 0.3) is 11.3 Å². The van der Waals surface area contributed by atoms with Crippen LogP contribution in [0.2, 0.25) is 0 Å². The Labute approximate surface area is 206 Å². The van der Waals surface area contributed by atoms with E-state index in [1.165, 1.54) is 6.20 Å². The van der Waals surface area contributed by atoms with Crippen molar-refractivity contribution in [3.05, 3.63) is 71.4 Å². The maximum atomic E-state index is 12.7. The van der Waals surface area contributed by atoms with E-state index in [9.17, 15) is 13.6 Å². The average Bonchev–Trinajstić information content (AvgIpc) is 3.63. The number of anilines is 1. The first kappa shape index (κ1) is 23.3. The second-order valence-electron chi connectivity index (χ2n) is 8.95. The van der Waals surface area contributed by atoms with E-state index >= 15 is 0 Å². The quantitative estimate of drug-likeness (QED) is 0.381. The van der Waals surface area contributed by atoms with Gasteiger partial charge in [-0.05, 0) is 55.5 Å². The highest BCUT2D eigenvalue weighted by Crippen LogP contribution is 2.37. The van der Waals surface area contributed by atoms with Crippen LogP contribution in [-0.2, 0) is 29.0 Å². The number of amides is 1. The molecular formula is C26H27N5O3S. The Kier molecular flexibility index (Phi) is 6.21. The molecule has 1 atom stereocenters. The second-order valence-corrected chi connectivity index (χ2v) is 9.77. The van der Waals surface area contributed by atoms with Gasteiger partial charge in [0, 0.05) is 29.8 Å². The molecule has 1 aromatic carbocycles. The van der Waals surface area contributed by atoms with E-state index in [1.54, 1.807) is 12.3 Å². The number of hydrogen-bond acceptors (Lipinski definition) is 5. The largest absolute Gasteiger partial charge is 0.308 e. The zero-order valence-corrected chi connectivity index (χ0v) is 20.7. The highest BCUT2D eigenvalue weighted by atomic mass is 32.2. The highest BCUT2D eigenvalue weighted by molar-refractivity contribution is 7.81. The third kappa shape index (κ3) is 4.49. The minimum absolute atomic E-state index is 0.194. The molecule has 5 rings (SSSR count). The van der Waals surface area contributed by atoms with Gasteiger partial charge in [-0.15, -0.1) is 0 Å². The van der Waals surface area contributed by atoms with Crippen molar-refractivity contribution in [3.63, 3.8) is 0 Å². The Morgan fingerprint density at radius 2 is 1.91 bits per heavy atom. The molecule has 0 saturated heterocycles. The van der Waals surface area contributed by atoms with Crippen LogP contribution in [0.15, 0.2) is 48.8 Å². The molecule has 0 radical (unpaired) electrons. The SMILES string of the molecule is CCc1nc2c(C)cc(C)nc2n1Cc1ccc(-c2ccncc2N(C(=O)C2CC2)S(=O)O)cc1. The zero-order valence-electron chi connectivity index (χ0n) is 19.9. The third-order valence-corrected chi connectivity index (χ3v) is 7.01. The van der Waals surface area contributed by atoms with Gasteiger partial charge in [0.15, 0.2) is 5.65 Å². The van der Waals surface area contributed by atoms with E-state index in [4.69, 9.17) is 9.97 Å². The number of hydrogen-bond donors (Lipinski definition) is 1. The molecular weight excluding hydrogens is 462 g/mol. The molecule has 1 N–H and O–H groups in total. The predicted molar refractivity (Wildman–Crippen MR) is 136 cm³/mol. The summed E-state index contributed by atoms with van der Waals surface area (Å²) in [6.07, 6.45) is 5.38. The lowest BCUT2D eigenvalue weighted by Crippen LogP contribution is -2.34. The summed E-state index contributed by atoms with van der Waals surface area (Å²) in [6.45, 7) is 6.78. The first-order valence-electron chi connectivity index (χ1n) is 11.7. The molecule has 1 amide bonds. The Hall–Kier alpha value is -3.43. The number of pyridine rings is 2. The number of rotatable bonds is 7. The lowest BCUT2D eigenvalue weighted by molar-refractivity contribution is -0.118. The number of fused-ring (bicyclic) bond motifs is 1. The summed E-state index contributed by atoms with van der Waals surface area (Å²) >= 11 is -2.47. The molecule has 0 aliphatic heterocycles. The Morgan fingerprint density at radius 3 is 2.57 bits per heavy atom. The Bertz CT molecular complexity index is 1440. The summed E-state index contributed by atoms with van der Waals surface area (Å²) in [7, 11) is 0. The van der Waals surface area contributed by atoms with E-state index < -0.39 is 11.3 Å². The van der Waals surface area contributed by atoms with Gasteiger partial charge >= 0.3 is 0 Å². The number of aryl methyl sites for hydroxylation is 3. The lowest BCUT2D eigenvalue weighted by Gasteiger charge is -2.20. The van der Waals surface area contributed by atoms with Crippen LogP contribution in [0.1, 0.15) is 42.4 Å². The van der Waals surface area contributed by atoms with E-state index in [1.807, 2.05) is 31.2 Å². The van der Waals surface area contributed by atoms with Crippen LogP contribution in [0, 0.1) is 19.8 Å². The predicted octanol–water partition coefficient (Wildman–Crippen LogP) is 4.60. The topological polar surface area (TPSA) is 101 Å². The Morgan fingerprint density at radius 1 is 1.17 bits per heavy atom. The van der Waals surface area contributed by atoms with Crippen LogP contribution in [0.25, 0.3) is 22.3 Å². The smallest absolute Gasteiger partial charge is 0.269 e. The molecule has 1 aliphatic carbocycles. The van der Waals surface area contributed by atoms with E-state index in [0.29, 0.717) is 17.8 Å². The van der Waals surface area contributed by atoms with Crippen LogP contribution >= 0.6 is 0 Å². The first-order chi connectivity index (χ1) is 16.9. The lowest BCUT2D eigenvalue weighted by atomic mass is 10.0. The van der Waals surface area contributed by atoms with Crippen molar-refractivity contribution in [2.24, 2.45) is 5.92 Å². The van der Waals surface area contributed by atoms with Crippen LogP contribution in [0.3, 0.4) is 0 Å². The monoisotopic (exact) mass is 489 g/mol. The van der Waals surface area contributed by atoms with Gasteiger partial charge in [-0.3, -0.25) is 14.3 Å². The minimum atomic E-state index is -2.47. The second kappa shape index (κ2) is 9.31. The van der Waals surface area contributed by atoms with E-state index in [2.05, 4.69) is 29.5 Å². The first-order valence-corrected chi connectivity index (χ1v) is 12.7. The molecule has 8 nitrogen and oxygen atoms in total. The van der Waals surface area contributed by atoms with E-state index in [-0.39, 0.29) is 11.8 Å². The number of nitrogens with zero attached hydrogens (tertiary/aromatic N) is 5. The summed E-state index contributed by atoms with van der Waals surface area (Å²) in [6, 6.07) is 11.8. The molecule has 1 aliphatic rings. The normalized spacial score (nSPS) is 14.3. The van der Waals surface area contributed by atoms with Crippen LogP contribution < -0.4 is 4.31 Å². The van der Waals surface area contributed by atoms with Crippen LogP contribution in [0.4, 0.5) is 5.69 Å². The Balaban J connectivity index is 1.48. The fourth-order valence-corrected chi connectivity index (χ4v) is 5.04. The van der Waals surface area contributed by atoms with Gasteiger partial charge in [-0.2, -0.15) is 0 Å². The van der Waals surface area contributed by atoms with Crippen molar-refractivity contribution < 1.29 is 13.6 Å². The summed E-state index contributed by atoms with van der Waals surface area (Å²) in [5.41, 5.74) is 6.83. The molecule has 1 unspecified atom stereocenters. The highest BCUT2D eigenvalue weighted by Gasteiger charge is 2.37. The van der Waals surface area contributed by atoms with Crippen molar-refractivity contribution in [1.29, 1.82) is 0 Å². The van der Waals surface area contributed by atoms with Crippen molar-refractivity contribution in [1.82, 2.24) is 19.5 Å². The van der Waals surface area contributed by atoms with Gasteiger partial charge in [0.1, 0.15) is 11.3 Å². The third-order valence-electron chi connectivity index (χ3n) is 6.32. The average molecular weight is 490 g/mol. The van der Waals surface area contributed by atoms with Crippen LogP contribution in [-0.4, -0.2) is 34.2 Å². The summed E-state index contributed by atoms with van der Waals surface area (Å²) in [5, 5.41) is 0. The summed E-state index contributed by atoms with van der Waals surface area (Å²) in [5.74, 6) is 0.454. The van der Waals surface area contributed by atoms with Gasteiger partial charge in [-0.25, -0.2) is 18.5 Å². The maximum absolute atomic E-state index is 12.7. The number of carbonyl (C=O) groups is 1. The van der Waals surface area contributed by atoms with Crippen molar-refractivity contribution in [2.45, 2.75) is 46.6 Å². The van der Waals surface area contributed by atoms with Crippen LogP contribution in [0.5, 0.6) is 0 Å². The molecule has 1 saturated carbocycles. The molecule has 3 aromatic heterocycles. The van der Waals surface area contributed by atoms with E-state index in [0.717, 1.165) is 62.9 Å².